The van der Waals surface area contributed by atoms with Crippen molar-refractivity contribution in [1.29, 1.82) is 0 Å². The van der Waals surface area contributed by atoms with Gasteiger partial charge in [-0.2, -0.15) is 16.2 Å². The largest absolute Gasteiger partial charge is 0.224 e. The number of nitrogens with zero attached hydrogens (tertiary/aromatic N) is 1. The van der Waals surface area contributed by atoms with Gasteiger partial charge in [0.1, 0.15) is 0 Å². The Labute approximate surface area is 63.7 Å². The number of pyridine rings is 1. The van der Waals surface area contributed by atoms with Crippen LogP contribution in [0.1, 0.15) is 5.69 Å². The molecule has 0 atom stereocenters. The number of aromatic nitrogens is 1. The summed E-state index contributed by atoms with van der Waals surface area (Å²) in [5.74, 6) is 0.379. The van der Waals surface area contributed by atoms with E-state index in [1.54, 1.807) is 17.8 Å². The Bertz CT molecular complexity index is 215. The standard InChI is InChI=1S/C7H8FNS/c1-10-5-6-3-2-4-7(8)9-6/h2-4H,5H2,1H3. The summed E-state index contributed by atoms with van der Waals surface area (Å²) in [5, 5.41) is 0. The second-order valence-corrected chi connectivity index (χ2v) is 2.75. The molecule has 0 radical (unpaired) electrons. The molecule has 1 nitrogen and oxygen atoms in total. The fourth-order valence-electron chi connectivity index (χ4n) is 0.679. The molecule has 0 bridgehead atoms. The van der Waals surface area contributed by atoms with Crippen molar-refractivity contribution in [1.82, 2.24) is 4.98 Å². The zero-order chi connectivity index (χ0) is 7.40. The van der Waals surface area contributed by atoms with E-state index in [1.165, 1.54) is 6.07 Å². The first-order chi connectivity index (χ1) is 4.83. The molecule has 0 fully saturated rings. The van der Waals surface area contributed by atoms with E-state index in [2.05, 4.69) is 4.98 Å². The summed E-state index contributed by atoms with van der Waals surface area (Å²) in [7, 11) is 0. The van der Waals surface area contributed by atoms with Crippen molar-refractivity contribution >= 4 is 11.8 Å². The molecule has 1 aromatic rings. The fraction of sp³-hybridized carbons (Fsp3) is 0.286. The van der Waals surface area contributed by atoms with Crippen molar-refractivity contribution in [3.05, 3.63) is 29.8 Å². The topological polar surface area (TPSA) is 12.9 Å². The van der Waals surface area contributed by atoms with Crippen LogP contribution in [0.25, 0.3) is 0 Å². The summed E-state index contributed by atoms with van der Waals surface area (Å²) < 4.78 is 12.4. The molecule has 0 aliphatic rings. The Balaban J connectivity index is 2.75. The fourth-order valence-corrected chi connectivity index (χ4v) is 1.14. The van der Waals surface area contributed by atoms with Crippen LogP contribution in [0, 0.1) is 5.95 Å². The molecule has 1 rings (SSSR count). The molecular weight excluding hydrogens is 149 g/mol. The molecular formula is C7H8FNS. The normalized spacial score (nSPS) is 9.80. The van der Waals surface area contributed by atoms with Crippen molar-refractivity contribution in [2.75, 3.05) is 6.26 Å². The lowest BCUT2D eigenvalue weighted by Gasteiger charge is -1.94. The predicted octanol–water partition coefficient (Wildman–Crippen LogP) is 2.08. The van der Waals surface area contributed by atoms with Crippen LogP contribution in [-0.4, -0.2) is 11.2 Å². The highest BCUT2D eigenvalue weighted by molar-refractivity contribution is 7.97. The third-order valence-electron chi connectivity index (χ3n) is 1.07. The van der Waals surface area contributed by atoms with Crippen LogP contribution < -0.4 is 0 Å². The smallest absolute Gasteiger partial charge is 0.213 e. The zero-order valence-electron chi connectivity index (χ0n) is 5.67. The maximum atomic E-state index is 12.4. The van der Waals surface area contributed by atoms with Crippen molar-refractivity contribution in [3.63, 3.8) is 0 Å². The van der Waals surface area contributed by atoms with Crippen molar-refractivity contribution < 1.29 is 4.39 Å². The van der Waals surface area contributed by atoms with Crippen molar-refractivity contribution in [2.24, 2.45) is 0 Å². The molecule has 1 aromatic heterocycles. The maximum Gasteiger partial charge on any atom is 0.213 e. The summed E-state index contributed by atoms with van der Waals surface area (Å²) >= 11 is 1.63. The van der Waals surface area contributed by atoms with Gasteiger partial charge in [-0.1, -0.05) is 6.07 Å². The average Bonchev–Trinajstić information content (AvgIpc) is 1.88. The molecule has 1 heterocycles. The van der Waals surface area contributed by atoms with Gasteiger partial charge in [0.25, 0.3) is 0 Å². The molecule has 0 unspecified atom stereocenters. The van der Waals surface area contributed by atoms with Gasteiger partial charge in [0.15, 0.2) is 0 Å². The molecule has 0 saturated carbocycles. The Morgan fingerprint density at radius 3 is 3.00 bits per heavy atom. The Kier molecular flexibility index (Phi) is 2.68. The maximum absolute atomic E-state index is 12.4. The van der Waals surface area contributed by atoms with E-state index in [-0.39, 0.29) is 0 Å². The highest BCUT2D eigenvalue weighted by Crippen LogP contribution is 2.05. The van der Waals surface area contributed by atoms with Gasteiger partial charge in [0.2, 0.25) is 5.95 Å². The van der Waals surface area contributed by atoms with E-state index in [1.807, 2.05) is 12.3 Å². The van der Waals surface area contributed by atoms with E-state index in [0.29, 0.717) is 0 Å². The van der Waals surface area contributed by atoms with E-state index in [9.17, 15) is 4.39 Å². The van der Waals surface area contributed by atoms with E-state index < -0.39 is 5.95 Å². The number of thioether (sulfide) groups is 1. The molecule has 54 valence electrons. The zero-order valence-corrected chi connectivity index (χ0v) is 6.49. The third-order valence-corrected chi connectivity index (χ3v) is 1.65. The van der Waals surface area contributed by atoms with Crippen molar-refractivity contribution in [3.8, 4) is 0 Å². The first-order valence-electron chi connectivity index (χ1n) is 2.93. The van der Waals surface area contributed by atoms with Gasteiger partial charge in [-0.05, 0) is 18.4 Å². The molecule has 0 aliphatic heterocycles. The van der Waals surface area contributed by atoms with Gasteiger partial charge in [-0.25, -0.2) is 4.98 Å². The van der Waals surface area contributed by atoms with Crippen LogP contribution in [0.2, 0.25) is 0 Å². The van der Waals surface area contributed by atoms with Crippen LogP contribution in [0.4, 0.5) is 4.39 Å². The van der Waals surface area contributed by atoms with Crippen molar-refractivity contribution in [2.45, 2.75) is 5.75 Å². The Morgan fingerprint density at radius 2 is 2.40 bits per heavy atom. The minimum atomic E-state index is -0.397. The van der Waals surface area contributed by atoms with Gasteiger partial charge in [0, 0.05) is 5.75 Å². The summed E-state index contributed by atoms with van der Waals surface area (Å²) in [5.41, 5.74) is 0.799. The monoisotopic (exact) mass is 157 g/mol. The third kappa shape index (κ3) is 1.99. The minimum absolute atomic E-state index is 0.397. The molecule has 0 aromatic carbocycles. The molecule has 0 aliphatic carbocycles. The highest BCUT2D eigenvalue weighted by Gasteiger charge is 1.93. The quantitative estimate of drug-likeness (QED) is 0.610. The summed E-state index contributed by atoms with van der Waals surface area (Å²) in [6, 6.07) is 4.84. The summed E-state index contributed by atoms with van der Waals surface area (Å²) in [6.07, 6.45) is 1.96. The minimum Gasteiger partial charge on any atom is -0.224 e. The van der Waals surface area contributed by atoms with Gasteiger partial charge < -0.3 is 0 Å². The lowest BCUT2D eigenvalue weighted by molar-refractivity contribution is 0.579. The number of rotatable bonds is 2. The van der Waals surface area contributed by atoms with Gasteiger partial charge in [-0.15, -0.1) is 0 Å². The predicted molar refractivity (Wildman–Crippen MR) is 41.4 cm³/mol. The van der Waals surface area contributed by atoms with Crippen LogP contribution in [0.5, 0.6) is 0 Å². The van der Waals surface area contributed by atoms with Gasteiger partial charge in [0.05, 0.1) is 5.69 Å². The van der Waals surface area contributed by atoms with Crippen LogP contribution in [0.3, 0.4) is 0 Å². The number of hydrogen-bond acceptors (Lipinski definition) is 2. The van der Waals surface area contributed by atoms with Crippen LogP contribution >= 0.6 is 11.8 Å². The SMILES string of the molecule is CSCc1cccc(F)n1. The van der Waals surface area contributed by atoms with Crippen LogP contribution in [-0.2, 0) is 5.75 Å². The lowest BCUT2D eigenvalue weighted by atomic mass is 10.4. The second-order valence-electron chi connectivity index (χ2n) is 1.88. The molecule has 10 heavy (non-hydrogen) atoms. The van der Waals surface area contributed by atoms with E-state index >= 15 is 0 Å². The average molecular weight is 157 g/mol. The Hall–Kier alpha value is -0.570. The molecule has 0 spiro atoms. The Morgan fingerprint density at radius 1 is 1.60 bits per heavy atom. The summed E-state index contributed by atoms with van der Waals surface area (Å²) in [6.45, 7) is 0. The van der Waals surface area contributed by atoms with E-state index in [4.69, 9.17) is 0 Å². The van der Waals surface area contributed by atoms with Gasteiger partial charge in [-0.3, -0.25) is 0 Å². The van der Waals surface area contributed by atoms with Crippen LogP contribution in [0.15, 0.2) is 18.2 Å². The van der Waals surface area contributed by atoms with Gasteiger partial charge >= 0.3 is 0 Å². The molecule has 0 N–H and O–H groups in total. The molecule has 0 saturated heterocycles. The summed E-state index contributed by atoms with van der Waals surface area (Å²) in [4.78, 5) is 3.68. The number of halogens is 1. The van der Waals surface area contributed by atoms with E-state index in [0.717, 1.165) is 11.4 Å². The second kappa shape index (κ2) is 3.56. The first kappa shape index (κ1) is 7.54. The molecule has 0 amide bonds. The first-order valence-corrected chi connectivity index (χ1v) is 4.32. The highest BCUT2D eigenvalue weighted by atomic mass is 32.2. The lowest BCUT2D eigenvalue weighted by Crippen LogP contribution is -1.88. The number of hydrogen-bond donors (Lipinski definition) is 0. The molecule has 3 heteroatoms.